The number of amides is 1. The monoisotopic (exact) mass is 480 g/mol. The summed E-state index contributed by atoms with van der Waals surface area (Å²) in [5.74, 6) is -0.0558. The fourth-order valence-corrected chi connectivity index (χ4v) is 5.57. The molecule has 2 aromatic rings. The van der Waals surface area contributed by atoms with Crippen LogP contribution in [0.5, 0.6) is 17.2 Å². The fraction of sp³-hybridized carbons (Fsp3) is 0.435. The zero-order chi connectivity index (χ0) is 24.0. The lowest BCUT2D eigenvalue weighted by atomic mass is 9.99. The van der Waals surface area contributed by atoms with Crippen LogP contribution in [0.2, 0.25) is 0 Å². The molecule has 8 nitrogen and oxygen atoms in total. The molecule has 1 amide bonds. The number of carbonyl (C=O) groups is 1. The molecule has 1 aliphatic rings. The maximum atomic E-state index is 13.7. The van der Waals surface area contributed by atoms with Crippen molar-refractivity contribution in [3.8, 4) is 17.2 Å². The summed E-state index contributed by atoms with van der Waals surface area (Å²) in [6.45, 7) is 0.691. The van der Waals surface area contributed by atoms with E-state index in [4.69, 9.17) is 14.2 Å². The molecule has 1 aliphatic heterocycles. The first-order valence-electron chi connectivity index (χ1n) is 10.6. The molecule has 0 spiro atoms. The highest BCUT2D eigenvalue weighted by atomic mass is 32.2. The summed E-state index contributed by atoms with van der Waals surface area (Å²) in [6, 6.07) is 8.93. The average molecular weight is 481 g/mol. The number of ether oxygens (including phenoxy) is 3. The Morgan fingerprint density at radius 3 is 2.45 bits per heavy atom. The standard InChI is InChI=1S/C23H29FN2O6S/c1-30-19-8-6-16(13-21(19)32-3)10-11-25-23(27)17-5-4-12-26(15-17)33(28,29)22-14-18(24)7-9-20(22)31-2/h6-9,13-14,17H,4-5,10-12,15H2,1-3H3,(H,25,27)/t17-/m1/s1. The smallest absolute Gasteiger partial charge is 0.246 e. The summed E-state index contributed by atoms with van der Waals surface area (Å²) in [7, 11) is 0.448. The van der Waals surface area contributed by atoms with Crippen molar-refractivity contribution in [2.45, 2.75) is 24.2 Å². The van der Waals surface area contributed by atoms with Gasteiger partial charge in [-0.1, -0.05) is 6.07 Å². The zero-order valence-electron chi connectivity index (χ0n) is 19.0. The van der Waals surface area contributed by atoms with Gasteiger partial charge in [-0.25, -0.2) is 12.8 Å². The Morgan fingerprint density at radius 2 is 1.76 bits per heavy atom. The Kier molecular flexibility index (Phi) is 8.15. The van der Waals surface area contributed by atoms with E-state index >= 15 is 0 Å². The molecule has 0 saturated carbocycles. The number of hydrogen-bond donors (Lipinski definition) is 1. The summed E-state index contributed by atoms with van der Waals surface area (Å²) in [6.07, 6.45) is 1.69. The SMILES string of the molecule is COc1ccc(CCNC(=O)[C@@H]2CCCN(S(=O)(=O)c3cc(F)ccc3OC)C2)cc1OC. The Balaban J connectivity index is 1.62. The number of carbonyl (C=O) groups excluding carboxylic acids is 1. The molecule has 10 heteroatoms. The van der Waals surface area contributed by atoms with Crippen LogP contribution in [0.25, 0.3) is 0 Å². The molecule has 33 heavy (non-hydrogen) atoms. The second-order valence-corrected chi connectivity index (χ2v) is 9.63. The predicted octanol–water partition coefficient (Wildman–Crippen LogP) is 2.61. The first kappa shape index (κ1) is 24.8. The topological polar surface area (TPSA) is 94.2 Å². The van der Waals surface area contributed by atoms with Crippen LogP contribution in [0.4, 0.5) is 4.39 Å². The third kappa shape index (κ3) is 5.75. The van der Waals surface area contributed by atoms with Crippen LogP contribution in [0, 0.1) is 11.7 Å². The van der Waals surface area contributed by atoms with Gasteiger partial charge in [0.05, 0.1) is 27.2 Å². The highest BCUT2D eigenvalue weighted by Crippen LogP contribution is 2.31. The molecular weight excluding hydrogens is 451 g/mol. The number of rotatable bonds is 9. The molecule has 180 valence electrons. The third-order valence-corrected chi connectivity index (χ3v) is 7.55. The number of benzene rings is 2. The molecule has 1 fully saturated rings. The molecule has 0 unspecified atom stereocenters. The van der Waals surface area contributed by atoms with Crippen molar-refractivity contribution in [1.29, 1.82) is 0 Å². The van der Waals surface area contributed by atoms with E-state index in [9.17, 15) is 17.6 Å². The summed E-state index contributed by atoms with van der Waals surface area (Å²) in [5.41, 5.74) is 0.971. The molecule has 1 heterocycles. The molecule has 0 bridgehead atoms. The highest BCUT2D eigenvalue weighted by Gasteiger charge is 2.35. The Morgan fingerprint density at radius 1 is 1.06 bits per heavy atom. The minimum atomic E-state index is -4.01. The second-order valence-electron chi connectivity index (χ2n) is 7.73. The number of methoxy groups -OCH3 is 3. The Hall–Kier alpha value is -2.85. The van der Waals surface area contributed by atoms with Crippen LogP contribution in [-0.4, -0.2) is 59.6 Å². The van der Waals surface area contributed by atoms with E-state index in [2.05, 4.69) is 5.32 Å². The molecule has 0 aliphatic carbocycles. The molecule has 1 N–H and O–H groups in total. The molecule has 2 aromatic carbocycles. The van der Waals surface area contributed by atoms with Gasteiger partial charge in [-0.2, -0.15) is 4.31 Å². The van der Waals surface area contributed by atoms with E-state index in [0.717, 1.165) is 17.7 Å². The van der Waals surface area contributed by atoms with Gasteiger partial charge < -0.3 is 19.5 Å². The van der Waals surface area contributed by atoms with Crippen LogP contribution >= 0.6 is 0 Å². The number of piperidine rings is 1. The van der Waals surface area contributed by atoms with E-state index in [1.165, 1.54) is 17.5 Å². The lowest BCUT2D eigenvalue weighted by Crippen LogP contribution is -2.45. The van der Waals surface area contributed by atoms with Crippen LogP contribution in [0.1, 0.15) is 18.4 Å². The molecule has 0 aromatic heterocycles. The number of nitrogens with zero attached hydrogens (tertiary/aromatic N) is 1. The minimum Gasteiger partial charge on any atom is -0.495 e. The van der Waals surface area contributed by atoms with Crippen molar-refractivity contribution < 1.29 is 31.8 Å². The van der Waals surface area contributed by atoms with Crippen molar-refractivity contribution >= 4 is 15.9 Å². The molecule has 0 radical (unpaired) electrons. The van der Waals surface area contributed by atoms with Crippen molar-refractivity contribution in [3.63, 3.8) is 0 Å². The molecular formula is C23H29FN2O6S. The predicted molar refractivity (Wildman–Crippen MR) is 121 cm³/mol. The largest absolute Gasteiger partial charge is 0.495 e. The van der Waals surface area contributed by atoms with Crippen LogP contribution < -0.4 is 19.5 Å². The van der Waals surface area contributed by atoms with Gasteiger partial charge in [-0.3, -0.25) is 4.79 Å². The number of sulfonamides is 1. The normalized spacial score (nSPS) is 16.8. The zero-order valence-corrected chi connectivity index (χ0v) is 19.8. The van der Waals surface area contributed by atoms with Gasteiger partial charge in [0.15, 0.2) is 11.5 Å². The quantitative estimate of drug-likeness (QED) is 0.593. The maximum absolute atomic E-state index is 13.7. The summed E-state index contributed by atoms with van der Waals surface area (Å²) >= 11 is 0. The number of halogens is 1. The maximum Gasteiger partial charge on any atom is 0.246 e. The van der Waals surface area contributed by atoms with Gasteiger partial charge in [0.1, 0.15) is 16.5 Å². The Labute approximate surface area is 193 Å². The van der Waals surface area contributed by atoms with Crippen LogP contribution in [0.3, 0.4) is 0 Å². The highest BCUT2D eigenvalue weighted by molar-refractivity contribution is 7.89. The number of hydrogen-bond acceptors (Lipinski definition) is 6. The number of nitrogens with one attached hydrogen (secondary N) is 1. The van der Waals surface area contributed by atoms with Gasteiger partial charge >= 0.3 is 0 Å². The first-order chi connectivity index (χ1) is 15.8. The van der Waals surface area contributed by atoms with Crippen molar-refractivity contribution in [2.24, 2.45) is 5.92 Å². The van der Waals surface area contributed by atoms with Crippen molar-refractivity contribution in [1.82, 2.24) is 9.62 Å². The lowest BCUT2D eigenvalue weighted by molar-refractivity contribution is -0.126. The molecule has 1 saturated heterocycles. The lowest BCUT2D eigenvalue weighted by Gasteiger charge is -2.31. The van der Waals surface area contributed by atoms with E-state index in [1.807, 2.05) is 12.1 Å². The van der Waals surface area contributed by atoms with Gasteiger partial charge in [0.25, 0.3) is 0 Å². The minimum absolute atomic E-state index is 0.0319. The van der Waals surface area contributed by atoms with Gasteiger partial charge in [0.2, 0.25) is 15.9 Å². The first-order valence-corrected chi connectivity index (χ1v) is 12.1. The Bertz CT molecular complexity index is 1090. The average Bonchev–Trinajstić information content (AvgIpc) is 2.83. The third-order valence-electron chi connectivity index (χ3n) is 5.66. The van der Waals surface area contributed by atoms with E-state index in [0.29, 0.717) is 37.3 Å². The van der Waals surface area contributed by atoms with Crippen molar-refractivity contribution in [2.75, 3.05) is 41.0 Å². The second kappa shape index (κ2) is 10.8. The van der Waals surface area contributed by atoms with E-state index in [1.54, 1.807) is 20.3 Å². The van der Waals surface area contributed by atoms with E-state index < -0.39 is 21.8 Å². The summed E-state index contributed by atoms with van der Waals surface area (Å²) < 4.78 is 56.8. The molecule has 3 rings (SSSR count). The summed E-state index contributed by atoms with van der Waals surface area (Å²) in [5, 5.41) is 2.89. The van der Waals surface area contributed by atoms with Gasteiger partial charge in [0, 0.05) is 19.6 Å². The van der Waals surface area contributed by atoms with Gasteiger partial charge in [-0.15, -0.1) is 0 Å². The van der Waals surface area contributed by atoms with E-state index in [-0.39, 0.29) is 29.6 Å². The fourth-order valence-electron chi connectivity index (χ4n) is 3.88. The van der Waals surface area contributed by atoms with Crippen LogP contribution in [-0.2, 0) is 21.2 Å². The van der Waals surface area contributed by atoms with Gasteiger partial charge in [-0.05, 0) is 55.2 Å². The summed E-state index contributed by atoms with van der Waals surface area (Å²) in [4.78, 5) is 12.5. The molecule has 1 atom stereocenters. The van der Waals surface area contributed by atoms with Crippen LogP contribution in [0.15, 0.2) is 41.3 Å². The van der Waals surface area contributed by atoms with Crippen molar-refractivity contribution in [3.05, 3.63) is 47.8 Å².